The smallest absolute Gasteiger partial charge is 0.335 e. The van der Waals surface area contributed by atoms with Crippen molar-refractivity contribution in [3.8, 4) is 11.1 Å². The summed E-state index contributed by atoms with van der Waals surface area (Å²) in [5.74, 6) is -1.00. The maximum absolute atomic E-state index is 13.9. The van der Waals surface area contributed by atoms with Crippen LogP contribution in [-0.4, -0.2) is 29.8 Å². The fourth-order valence-corrected chi connectivity index (χ4v) is 2.72. The van der Waals surface area contributed by atoms with E-state index in [9.17, 15) is 14.3 Å². The molecular weight excluding hydrogens is 345 g/mol. The zero-order chi connectivity index (χ0) is 18.4. The van der Waals surface area contributed by atoms with E-state index in [1.807, 2.05) is 12.1 Å². The van der Waals surface area contributed by atoms with Crippen LogP contribution >= 0.6 is 11.6 Å². The lowest BCUT2D eigenvalue weighted by Crippen LogP contribution is -2.33. The van der Waals surface area contributed by atoms with Gasteiger partial charge in [-0.2, -0.15) is 0 Å². The van der Waals surface area contributed by atoms with Crippen LogP contribution in [0.2, 0.25) is 5.02 Å². The number of aliphatic hydroxyl groups is 1. The molecule has 0 radical (unpaired) electrons. The first-order chi connectivity index (χ1) is 11.9. The summed E-state index contributed by atoms with van der Waals surface area (Å²) in [6.07, 6.45) is -0.632. The highest BCUT2D eigenvalue weighted by molar-refractivity contribution is 6.30. The number of carbonyl (C=O) groups excluding carboxylic acids is 1. The van der Waals surface area contributed by atoms with Crippen LogP contribution < -0.4 is 5.73 Å². The van der Waals surface area contributed by atoms with Crippen molar-refractivity contribution in [3.63, 3.8) is 0 Å². The first-order valence-corrected chi connectivity index (χ1v) is 8.43. The summed E-state index contributed by atoms with van der Waals surface area (Å²) in [7, 11) is 0. The summed E-state index contributed by atoms with van der Waals surface area (Å²) < 4.78 is 18.6. The number of rotatable bonds is 7. The lowest BCUT2D eigenvalue weighted by Gasteiger charge is -2.16. The first kappa shape index (κ1) is 19.4. The Kier molecular flexibility index (Phi) is 6.93. The molecule has 0 bridgehead atoms. The highest BCUT2D eigenvalue weighted by Gasteiger charge is 2.19. The summed E-state index contributed by atoms with van der Waals surface area (Å²) in [6.45, 7) is 1.89. The predicted molar refractivity (Wildman–Crippen MR) is 95.8 cm³/mol. The molecule has 2 aromatic rings. The van der Waals surface area contributed by atoms with Gasteiger partial charge >= 0.3 is 5.97 Å². The molecule has 0 aliphatic carbocycles. The van der Waals surface area contributed by atoms with Crippen LogP contribution in [-0.2, 0) is 16.0 Å². The van der Waals surface area contributed by atoms with E-state index in [4.69, 9.17) is 22.1 Å². The van der Waals surface area contributed by atoms with E-state index in [0.29, 0.717) is 22.6 Å². The Balaban J connectivity index is 2.00. The Morgan fingerprint density at radius 3 is 2.60 bits per heavy atom. The average molecular weight is 366 g/mol. The molecule has 0 aliphatic heterocycles. The zero-order valence-corrected chi connectivity index (χ0v) is 14.7. The van der Waals surface area contributed by atoms with E-state index in [0.717, 1.165) is 5.56 Å². The summed E-state index contributed by atoms with van der Waals surface area (Å²) in [5, 5.41) is 10.2. The van der Waals surface area contributed by atoms with E-state index >= 15 is 0 Å². The normalized spacial score (nSPS) is 13.3. The number of hydrogen-bond donors (Lipinski definition) is 2. The van der Waals surface area contributed by atoms with Crippen LogP contribution in [0.3, 0.4) is 0 Å². The SMILES string of the molecule is CCOC(=O)[C@H](O)C[C@H](N)Cc1ccc(-c2cc(Cl)ccc2F)cc1. The van der Waals surface area contributed by atoms with E-state index in [-0.39, 0.29) is 18.8 Å². The van der Waals surface area contributed by atoms with Crippen molar-refractivity contribution < 1.29 is 19.0 Å². The van der Waals surface area contributed by atoms with Crippen LogP contribution in [0, 0.1) is 5.82 Å². The fourth-order valence-electron chi connectivity index (χ4n) is 2.55. The standard InChI is InChI=1S/C19H21ClFNO3/c1-2-25-19(24)18(23)11-15(22)9-12-3-5-13(6-4-12)16-10-14(20)7-8-17(16)21/h3-8,10,15,18,23H,2,9,11,22H2,1H3/t15-,18-/m1/s1. The predicted octanol–water partition coefficient (Wildman–Crippen LogP) is 3.33. The van der Waals surface area contributed by atoms with Gasteiger partial charge in [0.05, 0.1) is 6.61 Å². The lowest BCUT2D eigenvalue weighted by molar-refractivity contribution is -0.153. The summed E-state index contributed by atoms with van der Waals surface area (Å²) in [6, 6.07) is 11.3. The van der Waals surface area contributed by atoms with Gasteiger partial charge in [-0.25, -0.2) is 9.18 Å². The van der Waals surface area contributed by atoms with Gasteiger partial charge in [-0.3, -0.25) is 0 Å². The maximum atomic E-state index is 13.9. The molecule has 6 heteroatoms. The van der Waals surface area contributed by atoms with Gasteiger partial charge in [-0.1, -0.05) is 35.9 Å². The van der Waals surface area contributed by atoms with Gasteiger partial charge in [0.1, 0.15) is 5.82 Å². The van der Waals surface area contributed by atoms with Gasteiger partial charge in [0.2, 0.25) is 0 Å². The number of ether oxygens (including phenoxy) is 1. The van der Waals surface area contributed by atoms with Crippen LogP contribution in [0.25, 0.3) is 11.1 Å². The number of esters is 1. The molecule has 2 atom stereocenters. The van der Waals surface area contributed by atoms with Gasteiger partial charge in [0, 0.05) is 16.6 Å². The first-order valence-electron chi connectivity index (χ1n) is 8.05. The van der Waals surface area contributed by atoms with Crippen LogP contribution in [0.1, 0.15) is 18.9 Å². The van der Waals surface area contributed by atoms with E-state index in [2.05, 4.69) is 0 Å². The van der Waals surface area contributed by atoms with Crippen LogP contribution in [0.15, 0.2) is 42.5 Å². The van der Waals surface area contributed by atoms with Gasteiger partial charge in [0.15, 0.2) is 6.10 Å². The quantitative estimate of drug-likeness (QED) is 0.738. The Bertz CT molecular complexity index is 721. The number of nitrogens with two attached hydrogens (primary N) is 1. The van der Waals surface area contributed by atoms with Crippen molar-refractivity contribution in [1.82, 2.24) is 0 Å². The van der Waals surface area contributed by atoms with E-state index < -0.39 is 18.1 Å². The molecule has 0 unspecified atom stereocenters. The molecule has 0 aliphatic rings. The monoisotopic (exact) mass is 365 g/mol. The molecule has 0 saturated carbocycles. The third-order valence-electron chi connectivity index (χ3n) is 3.78. The lowest BCUT2D eigenvalue weighted by atomic mass is 9.98. The Morgan fingerprint density at radius 2 is 1.96 bits per heavy atom. The Labute approximate surface area is 151 Å². The minimum Gasteiger partial charge on any atom is -0.464 e. The molecule has 134 valence electrons. The minimum atomic E-state index is -1.23. The molecule has 0 spiro atoms. The third kappa shape index (κ3) is 5.53. The number of hydrogen-bond acceptors (Lipinski definition) is 4. The highest BCUT2D eigenvalue weighted by atomic mass is 35.5. The number of benzene rings is 2. The topological polar surface area (TPSA) is 72.5 Å². The third-order valence-corrected chi connectivity index (χ3v) is 4.01. The Morgan fingerprint density at radius 1 is 1.28 bits per heavy atom. The number of aliphatic hydroxyl groups excluding tert-OH is 1. The molecule has 4 nitrogen and oxygen atoms in total. The van der Waals surface area contributed by atoms with Crippen LogP contribution in [0.4, 0.5) is 4.39 Å². The van der Waals surface area contributed by atoms with Gasteiger partial charge in [0.25, 0.3) is 0 Å². The van der Waals surface area contributed by atoms with Gasteiger partial charge in [-0.05, 0) is 49.1 Å². The van der Waals surface area contributed by atoms with E-state index in [1.54, 1.807) is 25.1 Å². The van der Waals surface area contributed by atoms with Crippen molar-refractivity contribution >= 4 is 17.6 Å². The second-order valence-electron chi connectivity index (χ2n) is 5.79. The largest absolute Gasteiger partial charge is 0.464 e. The molecule has 0 aromatic heterocycles. The molecule has 0 heterocycles. The minimum absolute atomic E-state index is 0.115. The zero-order valence-electron chi connectivity index (χ0n) is 13.9. The van der Waals surface area contributed by atoms with Gasteiger partial charge < -0.3 is 15.6 Å². The molecule has 0 fully saturated rings. The Hall–Kier alpha value is -1.95. The maximum Gasteiger partial charge on any atom is 0.335 e. The molecule has 0 saturated heterocycles. The van der Waals surface area contributed by atoms with Crippen molar-refractivity contribution in [2.75, 3.05) is 6.61 Å². The van der Waals surface area contributed by atoms with Crippen LogP contribution in [0.5, 0.6) is 0 Å². The summed E-state index contributed by atoms with van der Waals surface area (Å²) in [4.78, 5) is 11.4. The summed E-state index contributed by atoms with van der Waals surface area (Å²) >= 11 is 5.92. The molecule has 2 aromatic carbocycles. The summed E-state index contributed by atoms with van der Waals surface area (Å²) in [5.41, 5.74) is 8.06. The molecule has 3 N–H and O–H groups in total. The molecular formula is C19H21ClFNO3. The average Bonchev–Trinajstić information content (AvgIpc) is 2.58. The second-order valence-corrected chi connectivity index (χ2v) is 6.23. The fraction of sp³-hybridized carbons (Fsp3) is 0.316. The highest BCUT2D eigenvalue weighted by Crippen LogP contribution is 2.26. The number of halogens is 2. The number of carbonyl (C=O) groups is 1. The molecule has 25 heavy (non-hydrogen) atoms. The molecule has 0 amide bonds. The van der Waals surface area contributed by atoms with Crippen molar-refractivity contribution in [1.29, 1.82) is 0 Å². The van der Waals surface area contributed by atoms with Gasteiger partial charge in [-0.15, -0.1) is 0 Å². The van der Waals surface area contributed by atoms with E-state index in [1.165, 1.54) is 12.1 Å². The molecule has 2 rings (SSSR count). The van der Waals surface area contributed by atoms with Crippen molar-refractivity contribution in [2.24, 2.45) is 5.73 Å². The second kappa shape index (κ2) is 8.94. The van der Waals surface area contributed by atoms with Crippen molar-refractivity contribution in [2.45, 2.75) is 31.9 Å². The van der Waals surface area contributed by atoms with Crippen molar-refractivity contribution in [3.05, 3.63) is 58.9 Å².